The van der Waals surface area contributed by atoms with Crippen LogP contribution < -0.4 is 4.74 Å². The highest BCUT2D eigenvalue weighted by atomic mass is 35.5. The van der Waals surface area contributed by atoms with Crippen molar-refractivity contribution in [1.29, 1.82) is 0 Å². The number of hydrogen-bond acceptors (Lipinski definition) is 4. The smallest absolute Gasteiger partial charge is 0.261 e. The Bertz CT molecular complexity index is 1350. The Hall–Kier alpha value is -2.97. The fourth-order valence-corrected chi connectivity index (χ4v) is 5.22. The van der Waals surface area contributed by atoms with E-state index in [1.807, 2.05) is 22.9 Å². The standard InChI is InChI=1S/C24H20ClF2N3O2S/c1-2-14-11-16(26)4-6-20(14)32-13-21(31)29-8-7-19-23(30-9-10-33-24(30)28-19)22(29)17-5-3-15(25)12-18(17)27/h3-6,9-12,22H,2,7-8,13H2,1H3. The number of thiazole rings is 1. The molecule has 5 nitrogen and oxygen atoms in total. The fraction of sp³-hybridized carbons (Fsp3) is 0.250. The lowest BCUT2D eigenvalue weighted by Gasteiger charge is -2.36. The quantitative estimate of drug-likeness (QED) is 0.376. The number of carbonyl (C=O) groups is 1. The zero-order chi connectivity index (χ0) is 23.1. The molecule has 170 valence electrons. The highest BCUT2D eigenvalue weighted by molar-refractivity contribution is 7.15. The SMILES string of the molecule is CCc1cc(F)ccc1OCC(=O)N1CCc2nc3sccn3c2C1c1ccc(Cl)cc1F. The predicted molar refractivity (Wildman–Crippen MR) is 123 cm³/mol. The third-order valence-corrected chi connectivity index (χ3v) is 6.86. The first-order valence-electron chi connectivity index (χ1n) is 10.6. The molecule has 0 N–H and O–H groups in total. The second-order valence-corrected chi connectivity index (χ2v) is 9.11. The van der Waals surface area contributed by atoms with E-state index in [1.165, 1.54) is 35.6 Å². The Balaban J connectivity index is 1.50. The van der Waals surface area contributed by atoms with Crippen LogP contribution in [-0.2, 0) is 17.6 Å². The Labute approximate surface area is 198 Å². The number of nitrogens with zero attached hydrogens (tertiary/aromatic N) is 3. The van der Waals surface area contributed by atoms with Gasteiger partial charge in [-0.3, -0.25) is 9.20 Å². The Morgan fingerprint density at radius 1 is 1.27 bits per heavy atom. The highest BCUT2D eigenvalue weighted by Crippen LogP contribution is 2.38. The topological polar surface area (TPSA) is 46.8 Å². The van der Waals surface area contributed by atoms with Crippen molar-refractivity contribution >= 4 is 33.8 Å². The molecule has 9 heteroatoms. The van der Waals surface area contributed by atoms with Crippen molar-refractivity contribution in [3.63, 3.8) is 0 Å². The number of imidazole rings is 1. The van der Waals surface area contributed by atoms with Gasteiger partial charge in [0.1, 0.15) is 23.4 Å². The summed E-state index contributed by atoms with van der Waals surface area (Å²) >= 11 is 7.47. The summed E-state index contributed by atoms with van der Waals surface area (Å²) in [6.45, 7) is 2.02. The van der Waals surface area contributed by atoms with Gasteiger partial charge in [0.05, 0.1) is 11.4 Å². The maximum atomic E-state index is 15.1. The van der Waals surface area contributed by atoms with Gasteiger partial charge in [-0.2, -0.15) is 0 Å². The van der Waals surface area contributed by atoms with Crippen LogP contribution in [0.4, 0.5) is 8.78 Å². The number of fused-ring (bicyclic) bond motifs is 3. The summed E-state index contributed by atoms with van der Waals surface area (Å²) < 4.78 is 36.3. The molecule has 1 unspecified atom stereocenters. The van der Waals surface area contributed by atoms with Gasteiger partial charge in [-0.1, -0.05) is 24.6 Å². The lowest BCUT2D eigenvalue weighted by molar-refractivity contribution is -0.135. The molecule has 4 aromatic rings. The molecule has 1 atom stereocenters. The molecule has 0 radical (unpaired) electrons. The van der Waals surface area contributed by atoms with Crippen molar-refractivity contribution < 1.29 is 18.3 Å². The third kappa shape index (κ3) is 3.98. The van der Waals surface area contributed by atoms with Crippen LogP contribution >= 0.6 is 22.9 Å². The van der Waals surface area contributed by atoms with Crippen molar-refractivity contribution in [3.8, 4) is 5.75 Å². The van der Waals surface area contributed by atoms with Crippen LogP contribution in [0.3, 0.4) is 0 Å². The largest absolute Gasteiger partial charge is 0.483 e. The van der Waals surface area contributed by atoms with Crippen LogP contribution in [0.25, 0.3) is 4.96 Å². The summed E-state index contributed by atoms with van der Waals surface area (Å²) in [7, 11) is 0. The minimum absolute atomic E-state index is 0.245. The van der Waals surface area contributed by atoms with Gasteiger partial charge in [0.15, 0.2) is 11.6 Å². The van der Waals surface area contributed by atoms with Crippen LogP contribution in [-0.4, -0.2) is 33.3 Å². The maximum Gasteiger partial charge on any atom is 0.261 e. The molecule has 0 bridgehead atoms. The molecule has 1 aliphatic heterocycles. The van der Waals surface area contributed by atoms with Crippen LogP contribution in [0.2, 0.25) is 5.02 Å². The maximum absolute atomic E-state index is 15.1. The van der Waals surface area contributed by atoms with Crippen molar-refractivity contribution in [3.05, 3.63) is 87.1 Å². The molecule has 2 aromatic carbocycles. The van der Waals surface area contributed by atoms with Gasteiger partial charge in [-0.15, -0.1) is 11.3 Å². The van der Waals surface area contributed by atoms with Crippen LogP contribution in [0.1, 0.15) is 35.5 Å². The van der Waals surface area contributed by atoms with E-state index in [0.29, 0.717) is 36.3 Å². The van der Waals surface area contributed by atoms with E-state index < -0.39 is 11.9 Å². The molecule has 0 spiro atoms. The number of amides is 1. The van der Waals surface area contributed by atoms with Crippen molar-refractivity contribution in [2.24, 2.45) is 0 Å². The van der Waals surface area contributed by atoms with Gasteiger partial charge in [0, 0.05) is 35.1 Å². The van der Waals surface area contributed by atoms with E-state index in [4.69, 9.17) is 16.3 Å². The molecule has 0 fully saturated rings. The number of carbonyl (C=O) groups excluding carboxylic acids is 1. The summed E-state index contributed by atoms with van der Waals surface area (Å²) in [5.74, 6) is -0.677. The fourth-order valence-electron chi connectivity index (χ4n) is 4.32. The summed E-state index contributed by atoms with van der Waals surface area (Å²) in [5.41, 5.74) is 2.64. The van der Waals surface area contributed by atoms with Gasteiger partial charge in [0.25, 0.3) is 5.91 Å². The molecule has 2 aromatic heterocycles. The number of halogens is 3. The molecule has 3 heterocycles. The Morgan fingerprint density at radius 2 is 2.12 bits per heavy atom. The van der Waals surface area contributed by atoms with Crippen LogP contribution in [0.15, 0.2) is 48.0 Å². The lowest BCUT2D eigenvalue weighted by atomic mass is 9.95. The molecular formula is C24H20ClF2N3O2S. The van der Waals surface area contributed by atoms with Gasteiger partial charge in [0.2, 0.25) is 0 Å². The van der Waals surface area contributed by atoms with E-state index in [1.54, 1.807) is 17.0 Å². The minimum Gasteiger partial charge on any atom is -0.483 e. The van der Waals surface area contributed by atoms with Crippen molar-refractivity contribution in [2.45, 2.75) is 25.8 Å². The Morgan fingerprint density at radius 3 is 2.91 bits per heavy atom. The first-order valence-corrected chi connectivity index (χ1v) is 11.8. The molecule has 1 aliphatic rings. The van der Waals surface area contributed by atoms with Crippen molar-refractivity contribution in [2.75, 3.05) is 13.2 Å². The number of aryl methyl sites for hydroxylation is 1. The van der Waals surface area contributed by atoms with E-state index >= 15 is 4.39 Å². The van der Waals surface area contributed by atoms with E-state index in [9.17, 15) is 9.18 Å². The van der Waals surface area contributed by atoms with Crippen molar-refractivity contribution in [1.82, 2.24) is 14.3 Å². The van der Waals surface area contributed by atoms with Gasteiger partial charge < -0.3 is 9.64 Å². The summed E-state index contributed by atoms with van der Waals surface area (Å²) in [4.78, 5) is 20.5. The molecule has 0 aliphatic carbocycles. The number of hydrogen-bond donors (Lipinski definition) is 0. The second-order valence-electron chi connectivity index (χ2n) is 7.80. The zero-order valence-corrected chi connectivity index (χ0v) is 19.3. The van der Waals surface area contributed by atoms with Gasteiger partial charge in [-0.05, 0) is 42.3 Å². The van der Waals surface area contributed by atoms with E-state index in [0.717, 1.165) is 16.3 Å². The Kier molecular flexibility index (Phi) is 5.80. The summed E-state index contributed by atoms with van der Waals surface area (Å²) in [6, 6.07) is 8.03. The third-order valence-electron chi connectivity index (χ3n) is 5.87. The first-order chi connectivity index (χ1) is 16.0. The molecule has 1 amide bonds. The first kappa shape index (κ1) is 21.9. The number of rotatable bonds is 5. The molecule has 0 saturated carbocycles. The van der Waals surface area contributed by atoms with E-state index in [2.05, 4.69) is 4.98 Å². The lowest BCUT2D eigenvalue weighted by Crippen LogP contribution is -2.43. The minimum atomic E-state index is -0.675. The van der Waals surface area contributed by atoms with Gasteiger partial charge in [-0.25, -0.2) is 13.8 Å². The normalized spacial score (nSPS) is 15.6. The van der Waals surface area contributed by atoms with Crippen LogP contribution in [0.5, 0.6) is 5.75 Å². The zero-order valence-electron chi connectivity index (χ0n) is 17.7. The molecule has 33 heavy (non-hydrogen) atoms. The number of aromatic nitrogens is 2. The number of benzene rings is 2. The molecule has 5 rings (SSSR count). The van der Waals surface area contributed by atoms with E-state index in [-0.39, 0.29) is 23.4 Å². The average molecular weight is 488 g/mol. The highest BCUT2D eigenvalue weighted by Gasteiger charge is 2.37. The number of ether oxygens (including phenoxy) is 1. The van der Waals surface area contributed by atoms with Crippen LogP contribution in [0, 0.1) is 11.6 Å². The molecular weight excluding hydrogens is 468 g/mol. The summed E-state index contributed by atoms with van der Waals surface area (Å²) in [5, 5.41) is 2.19. The average Bonchev–Trinajstić information content (AvgIpc) is 3.39. The second kappa shape index (κ2) is 8.76. The van der Waals surface area contributed by atoms with Gasteiger partial charge >= 0.3 is 0 Å². The monoisotopic (exact) mass is 487 g/mol. The predicted octanol–water partition coefficient (Wildman–Crippen LogP) is 5.44. The summed E-state index contributed by atoms with van der Waals surface area (Å²) in [6.07, 6.45) is 3.00. The molecule has 0 saturated heterocycles.